The molecule has 1 aliphatic heterocycles. The van der Waals surface area contributed by atoms with Crippen LogP contribution in [0.2, 0.25) is 0 Å². The minimum absolute atomic E-state index is 0.841. The van der Waals surface area contributed by atoms with Gasteiger partial charge >= 0.3 is 0 Å². The monoisotopic (exact) mass is 152 g/mol. The zero-order valence-electron chi connectivity index (χ0n) is 6.97. The fourth-order valence-electron chi connectivity index (χ4n) is 1.63. The average molecular weight is 152 g/mol. The Morgan fingerprint density at radius 3 is 2.45 bits per heavy atom. The predicted octanol–water partition coefficient (Wildman–Crippen LogP) is 0.815. The standard InChI is InChI=1S/C9H16N2/c1-8(9-2-3-9)11-6-4-10-5-7-11/h9-10H,1-7H2. The van der Waals surface area contributed by atoms with E-state index in [1.807, 2.05) is 0 Å². The first kappa shape index (κ1) is 7.17. The molecule has 1 saturated heterocycles. The molecule has 0 spiro atoms. The molecular weight excluding hydrogens is 136 g/mol. The molecule has 0 radical (unpaired) electrons. The van der Waals surface area contributed by atoms with Crippen molar-refractivity contribution in [1.29, 1.82) is 0 Å². The first-order chi connectivity index (χ1) is 5.38. The summed E-state index contributed by atoms with van der Waals surface area (Å²) in [6.07, 6.45) is 2.76. The second-order valence-corrected chi connectivity index (χ2v) is 3.50. The Bertz CT molecular complexity index is 155. The van der Waals surface area contributed by atoms with Crippen molar-refractivity contribution in [2.45, 2.75) is 12.8 Å². The van der Waals surface area contributed by atoms with Crippen molar-refractivity contribution in [2.75, 3.05) is 26.2 Å². The van der Waals surface area contributed by atoms with Gasteiger partial charge in [0.15, 0.2) is 0 Å². The highest BCUT2D eigenvalue weighted by molar-refractivity contribution is 5.07. The maximum atomic E-state index is 4.14. The SMILES string of the molecule is C=C(C1CC1)N1CCNCC1. The topological polar surface area (TPSA) is 15.3 Å². The Morgan fingerprint density at radius 2 is 1.91 bits per heavy atom. The Labute approximate surface area is 68.3 Å². The van der Waals surface area contributed by atoms with Gasteiger partial charge in [-0.05, 0) is 18.8 Å². The second-order valence-electron chi connectivity index (χ2n) is 3.50. The van der Waals surface area contributed by atoms with Gasteiger partial charge in [0.2, 0.25) is 0 Å². The molecule has 0 bridgehead atoms. The third-order valence-electron chi connectivity index (χ3n) is 2.57. The van der Waals surface area contributed by atoms with Crippen LogP contribution in [-0.4, -0.2) is 31.1 Å². The van der Waals surface area contributed by atoms with Gasteiger partial charge in [-0.15, -0.1) is 0 Å². The van der Waals surface area contributed by atoms with Crippen LogP contribution < -0.4 is 5.32 Å². The van der Waals surface area contributed by atoms with Crippen LogP contribution in [0.15, 0.2) is 12.3 Å². The summed E-state index contributed by atoms with van der Waals surface area (Å²) in [4.78, 5) is 2.44. The van der Waals surface area contributed by atoms with E-state index in [-0.39, 0.29) is 0 Å². The lowest BCUT2D eigenvalue weighted by Gasteiger charge is -2.31. The number of hydrogen-bond acceptors (Lipinski definition) is 2. The van der Waals surface area contributed by atoms with Gasteiger partial charge in [0.25, 0.3) is 0 Å². The highest BCUT2D eigenvalue weighted by Gasteiger charge is 2.28. The number of nitrogens with one attached hydrogen (secondary N) is 1. The largest absolute Gasteiger partial charge is 0.373 e. The van der Waals surface area contributed by atoms with Crippen LogP contribution in [0.3, 0.4) is 0 Å². The molecule has 1 aliphatic carbocycles. The van der Waals surface area contributed by atoms with E-state index in [1.54, 1.807) is 0 Å². The number of rotatable bonds is 2. The van der Waals surface area contributed by atoms with Gasteiger partial charge < -0.3 is 10.2 Å². The Kier molecular flexibility index (Phi) is 1.86. The molecule has 2 nitrogen and oxygen atoms in total. The first-order valence-corrected chi connectivity index (χ1v) is 4.52. The summed E-state index contributed by atoms with van der Waals surface area (Å²) in [6, 6.07) is 0. The van der Waals surface area contributed by atoms with E-state index in [1.165, 1.54) is 18.5 Å². The zero-order valence-corrected chi connectivity index (χ0v) is 6.97. The summed E-state index contributed by atoms with van der Waals surface area (Å²) in [5.74, 6) is 0.841. The molecular formula is C9H16N2. The Hall–Kier alpha value is -0.500. The van der Waals surface area contributed by atoms with E-state index in [2.05, 4.69) is 16.8 Å². The maximum absolute atomic E-state index is 4.14. The van der Waals surface area contributed by atoms with Crippen LogP contribution in [0.25, 0.3) is 0 Å². The van der Waals surface area contributed by atoms with Gasteiger partial charge in [0.1, 0.15) is 0 Å². The van der Waals surface area contributed by atoms with Gasteiger partial charge in [-0.25, -0.2) is 0 Å². The molecule has 2 aliphatic rings. The number of hydrogen-bond donors (Lipinski definition) is 1. The quantitative estimate of drug-likeness (QED) is 0.630. The van der Waals surface area contributed by atoms with E-state index >= 15 is 0 Å². The Morgan fingerprint density at radius 1 is 1.27 bits per heavy atom. The van der Waals surface area contributed by atoms with Gasteiger partial charge in [0, 0.05) is 31.9 Å². The highest BCUT2D eigenvalue weighted by Crippen LogP contribution is 2.37. The van der Waals surface area contributed by atoms with E-state index in [9.17, 15) is 0 Å². The van der Waals surface area contributed by atoms with Gasteiger partial charge in [-0.2, -0.15) is 0 Å². The molecule has 2 rings (SSSR count). The lowest BCUT2D eigenvalue weighted by molar-refractivity contribution is 0.287. The number of nitrogens with zero attached hydrogens (tertiary/aromatic N) is 1. The third kappa shape index (κ3) is 1.56. The van der Waals surface area contributed by atoms with Crippen molar-refractivity contribution in [3.8, 4) is 0 Å². The zero-order chi connectivity index (χ0) is 7.68. The summed E-state index contributed by atoms with van der Waals surface area (Å²) < 4.78 is 0. The van der Waals surface area contributed by atoms with Crippen LogP contribution in [0, 0.1) is 5.92 Å². The number of allylic oxidation sites excluding steroid dienone is 1. The molecule has 11 heavy (non-hydrogen) atoms. The third-order valence-corrected chi connectivity index (χ3v) is 2.57. The molecule has 0 unspecified atom stereocenters. The minimum Gasteiger partial charge on any atom is -0.373 e. The van der Waals surface area contributed by atoms with E-state index in [4.69, 9.17) is 0 Å². The molecule has 1 heterocycles. The molecule has 1 saturated carbocycles. The average Bonchev–Trinajstić information content (AvgIpc) is 2.87. The summed E-state index contributed by atoms with van der Waals surface area (Å²) in [6.45, 7) is 8.72. The summed E-state index contributed by atoms with van der Waals surface area (Å²) in [7, 11) is 0. The van der Waals surface area contributed by atoms with Crippen molar-refractivity contribution in [3.05, 3.63) is 12.3 Å². The maximum Gasteiger partial charge on any atom is 0.0300 e. The number of piperazine rings is 1. The van der Waals surface area contributed by atoms with Crippen LogP contribution in [-0.2, 0) is 0 Å². The summed E-state index contributed by atoms with van der Waals surface area (Å²) in [5, 5.41) is 3.35. The van der Waals surface area contributed by atoms with Crippen molar-refractivity contribution < 1.29 is 0 Å². The fraction of sp³-hybridized carbons (Fsp3) is 0.778. The molecule has 2 fully saturated rings. The molecule has 2 heteroatoms. The summed E-state index contributed by atoms with van der Waals surface area (Å²) in [5.41, 5.74) is 1.39. The predicted molar refractivity (Wildman–Crippen MR) is 46.3 cm³/mol. The van der Waals surface area contributed by atoms with Crippen LogP contribution >= 0.6 is 0 Å². The second kappa shape index (κ2) is 2.86. The summed E-state index contributed by atoms with van der Waals surface area (Å²) >= 11 is 0. The van der Waals surface area contributed by atoms with Gasteiger partial charge in [-0.1, -0.05) is 6.58 Å². The van der Waals surface area contributed by atoms with Crippen molar-refractivity contribution in [2.24, 2.45) is 5.92 Å². The van der Waals surface area contributed by atoms with Crippen molar-refractivity contribution in [1.82, 2.24) is 10.2 Å². The molecule has 1 N–H and O–H groups in total. The van der Waals surface area contributed by atoms with Gasteiger partial charge in [0.05, 0.1) is 0 Å². The van der Waals surface area contributed by atoms with E-state index < -0.39 is 0 Å². The lowest BCUT2D eigenvalue weighted by atomic mass is 10.2. The smallest absolute Gasteiger partial charge is 0.0300 e. The molecule has 0 aromatic carbocycles. The van der Waals surface area contributed by atoms with Crippen LogP contribution in [0.1, 0.15) is 12.8 Å². The molecule has 62 valence electrons. The van der Waals surface area contributed by atoms with E-state index in [0.29, 0.717) is 0 Å². The molecule has 0 aromatic heterocycles. The normalized spacial score (nSPS) is 25.3. The fourth-order valence-corrected chi connectivity index (χ4v) is 1.63. The molecule has 0 aromatic rings. The molecule has 0 atom stereocenters. The van der Waals surface area contributed by atoms with Gasteiger partial charge in [-0.3, -0.25) is 0 Å². The first-order valence-electron chi connectivity index (χ1n) is 4.52. The highest BCUT2D eigenvalue weighted by atomic mass is 15.2. The molecule has 0 amide bonds. The Balaban J connectivity index is 1.86. The van der Waals surface area contributed by atoms with Crippen LogP contribution in [0.5, 0.6) is 0 Å². The van der Waals surface area contributed by atoms with Crippen molar-refractivity contribution >= 4 is 0 Å². The van der Waals surface area contributed by atoms with Crippen LogP contribution in [0.4, 0.5) is 0 Å². The van der Waals surface area contributed by atoms with E-state index in [0.717, 1.165) is 32.1 Å². The lowest BCUT2D eigenvalue weighted by Crippen LogP contribution is -2.42. The minimum atomic E-state index is 0.841. The van der Waals surface area contributed by atoms with Crippen molar-refractivity contribution in [3.63, 3.8) is 0 Å².